The van der Waals surface area contributed by atoms with Gasteiger partial charge in [0.15, 0.2) is 12.5 Å². The third-order valence-electron chi connectivity index (χ3n) is 5.24. The molecule has 0 aromatic carbocycles. The van der Waals surface area contributed by atoms with E-state index in [1.54, 1.807) is 0 Å². The second-order valence-corrected chi connectivity index (χ2v) is 10.8. The molecule has 206 valence electrons. The lowest BCUT2D eigenvalue weighted by atomic mass is 9.98. The van der Waals surface area contributed by atoms with E-state index in [0.717, 1.165) is 16.8 Å². The lowest BCUT2D eigenvalue weighted by molar-refractivity contribution is -0.242. The summed E-state index contributed by atoms with van der Waals surface area (Å²) < 4.78 is 48.5. The molecule has 0 bridgehead atoms. The van der Waals surface area contributed by atoms with E-state index in [1.807, 2.05) is 4.98 Å². The minimum atomic E-state index is -5.51. The van der Waals surface area contributed by atoms with E-state index in [9.17, 15) is 48.9 Å². The number of nitrogens with two attached hydrogens (primary N) is 1. The van der Waals surface area contributed by atoms with Crippen molar-refractivity contribution in [1.29, 1.82) is 0 Å². The summed E-state index contributed by atoms with van der Waals surface area (Å²) in [4.78, 5) is 44.6. The molecular weight excluding hydrogens is 540 g/mol. The molecule has 2 aliphatic rings. The van der Waals surface area contributed by atoms with Gasteiger partial charge in [-0.25, -0.2) is 13.9 Å². The van der Waals surface area contributed by atoms with E-state index < -0.39 is 95.3 Å². The summed E-state index contributed by atoms with van der Waals surface area (Å²) >= 11 is 0. The van der Waals surface area contributed by atoms with Crippen LogP contribution in [-0.2, 0) is 32.0 Å². The number of phosphoric acid groups is 2. The van der Waals surface area contributed by atoms with E-state index in [4.69, 9.17) is 20.3 Å². The van der Waals surface area contributed by atoms with Gasteiger partial charge in [-0.15, -0.1) is 0 Å². The van der Waals surface area contributed by atoms with Crippen LogP contribution >= 0.6 is 15.6 Å². The number of aromatic amines is 1. The van der Waals surface area contributed by atoms with Gasteiger partial charge in [-0.05, 0) is 0 Å². The Morgan fingerprint density at radius 1 is 1.00 bits per heavy atom. The first-order chi connectivity index (χ1) is 16.7. The fourth-order valence-electron chi connectivity index (χ4n) is 3.39. The Balaban J connectivity index is 1.61. The molecule has 0 saturated carbocycles. The zero-order valence-corrected chi connectivity index (χ0v) is 19.8. The zero-order chi connectivity index (χ0) is 27.0. The highest BCUT2D eigenvalue weighted by Crippen LogP contribution is 2.61. The number of nitrogens with zero attached hydrogens (tertiary/aromatic N) is 1. The van der Waals surface area contributed by atoms with Gasteiger partial charge in [0.1, 0.15) is 36.6 Å². The molecule has 2 saturated heterocycles. The number of nitrogens with one attached hydrogen (secondary N) is 1. The second kappa shape index (κ2) is 11.2. The highest BCUT2D eigenvalue weighted by atomic mass is 31.3. The molecule has 0 aliphatic carbocycles. The maximum atomic E-state index is 12.2. The Hall–Kier alpha value is -1.38. The van der Waals surface area contributed by atoms with Crippen LogP contribution in [0.25, 0.3) is 0 Å². The number of phosphoric ester groups is 2. The van der Waals surface area contributed by atoms with Crippen LogP contribution in [-0.4, -0.2) is 107 Å². The lowest BCUT2D eigenvalue weighted by Crippen LogP contribution is -2.62. The summed E-state index contributed by atoms with van der Waals surface area (Å²) in [5.74, 6) is 0. The number of H-pyrrole nitrogens is 1. The Bertz CT molecular complexity index is 1130. The van der Waals surface area contributed by atoms with Crippen LogP contribution in [0.4, 0.5) is 0 Å². The van der Waals surface area contributed by atoms with Gasteiger partial charge in [-0.3, -0.25) is 23.4 Å². The number of hydrogen-bond donors (Lipinski definition) is 9. The average Bonchev–Trinajstić information content (AvgIpc) is 3.06. The Kier molecular flexibility index (Phi) is 9.05. The van der Waals surface area contributed by atoms with Gasteiger partial charge in [0.25, 0.3) is 5.56 Å². The van der Waals surface area contributed by atoms with Gasteiger partial charge in [0.2, 0.25) is 0 Å². The van der Waals surface area contributed by atoms with Gasteiger partial charge in [-0.1, -0.05) is 0 Å². The van der Waals surface area contributed by atoms with Crippen molar-refractivity contribution in [3.05, 3.63) is 33.1 Å². The quantitative estimate of drug-likeness (QED) is 0.127. The Labute approximate surface area is 200 Å². The first-order valence-electron chi connectivity index (χ1n) is 10.1. The number of rotatable bonds is 9. The predicted octanol–water partition coefficient (Wildman–Crippen LogP) is -4.83. The van der Waals surface area contributed by atoms with Gasteiger partial charge in [0, 0.05) is 12.3 Å². The minimum absolute atomic E-state index is 0.735. The molecule has 0 radical (unpaired) electrons. The Morgan fingerprint density at radius 3 is 2.25 bits per heavy atom. The standard InChI is InChI=1S/C15H25N3O16P2/c16-8-11(23)9(21)5(3-19)32-14(8)33-36(28,29)34-35(26,27)30-4-6-10(22)12(24)13(31-6)18-2-1-7(20)17-15(18)25/h1-2,5-6,8-14,19,21-24H,3-4,16H2,(H,26,27)(H,28,29)(H,17,20,25)/t5?,6?,8-,9-,10+,11?,12+,13?,14-/m0/s1. The predicted molar refractivity (Wildman–Crippen MR) is 111 cm³/mol. The molecule has 10 N–H and O–H groups in total. The molecule has 36 heavy (non-hydrogen) atoms. The number of hydrogen-bond acceptors (Lipinski definition) is 15. The third-order valence-corrected chi connectivity index (χ3v) is 7.84. The van der Waals surface area contributed by atoms with E-state index in [0.29, 0.717) is 0 Å². The molecule has 2 fully saturated rings. The largest absolute Gasteiger partial charge is 0.483 e. The molecular formula is C15H25N3O16P2. The fraction of sp³-hybridized carbons (Fsp3) is 0.733. The summed E-state index contributed by atoms with van der Waals surface area (Å²) in [5, 5.41) is 49.0. The first kappa shape index (κ1) is 29.2. The van der Waals surface area contributed by atoms with Crippen molar-refractivity contribution in [2.24, 2.45) is 5.73 Å². The third kappa shape index (κ3) is 6.54. The van der Waals surface area contributed by atoms with Crippen LogP contribution in [0, 0.1) is 0 Å². The van der Waals surface area contributed by atoms with E-state index in [1.165, 1.54) is 0 Å². The SMILES string of the molecule is N[C@H]1C(O)[C@@H](O)C(CO)O[C@H]1OP(=O)(O)OP(=O)(O)OCC1OC(n2ccc(=O)[nH]c2=O)[C@H](O)[C@@H]1O. The van der Waals surface area contributed by atoms with Crippen molar-refractivity contribution in [3.8, 4) is 0 Å². The summed E-state index contributed by atoms with van der Waals surface area (Å²) in [6.45, 7) is -1.84. The van der Waals surface area contributed by atoms with Crippen LogP contribution in [0.5, 0.6) is 0 Å². The maximum Gasteiger partial charge on any atom is 0.483 e. The van der Waals surface area contributed by atoms with E-state index in [2.05, 4.69) is 13.4 Å². The van der Waals surface area contributed by atoms with Crippen molar-refractivity contribution < 1.29 is 67.3 Å². The average molecular weight is 565 g/mol. The molecule has 0 amide bonds. The van der Waals surface area contributed by atoms with Crippen LogP contribution < -0.4 is 17.0 Å². The minimum Gasteiger partial charge on any atom is -0.394 e. The monoisotopic (exact) mass is 565 g/mol. The number of aliphatic hydroxyl groups excluding tert-OH is 5. The molecule has 19 nitrogen and oxygen atoms in total. The fourth-order valence-corrected chi connectivity index (χ4v) is 5.57. The smallest absolute Gasteiger partial charge is 0.394 e. The number of aliphatic hydroxyl groups is 5. The first-order valence-corrected chi connectivity index (χ1v) is 13.1. The van der Waals surface area contributed by atoms with Crippen molar-refractivity contribution in [1.82, 2.24) is 9.55 Å². The maximum absolute atomic E-state index is 12.2. The van der Waals surface area contributed by atoms with Gasteiger partial charge < -0.3 is 50.5 Å². The molecule has 6 unspecified atom stereocenters. The second-order valence-electron chi connectivity index (χ2n) is 7.77. The molecule has 3 heterocycles. The molecule has 3 rings (SSSR count). The van der Waals surface area contributed by atoms with Gasteiger partial charge >= 0.3 is 21.3 Å². The molecule has 2 aliphatic heterocycles. The highest BCUT2D eigenvalue weighted by Gasteiger charge is 2.49. The molecule has 21 heteroatoms. The van der Waals surface area contributed by atoms with Crippen LogP contribution in [0.1, 0.15) is 6.23 Å². The van der Waals surface area contributed by atoms with Crippen molar-refractivity contribution >= 4 is 15.6 Å². The van der Waals surface area contributed by atoms with E-state index >= 15 is 0 Å². The van der Waals surface area contributed by atoms with Crippen molar-refractivity contribution in [2.75, 3.05) is 13.2 Å². The summed E-state index contributed by atoms with van der Waals surface area (Å²) in [6, 6.07) is -0.699. The summed E-state index contributed by atoms with van der Waals surface area (Å²) in [6.07, 6.45) is -12.5. The Morgan fingerprint density at radius 2 is 1.64 bits per heavy atom. The van der Waals surface area contributed by atoms with Crippen LogP contribution in [0.15, 0.2) is 21.9 Å². The zero-order valence-electron chi connectivity index (χ0n) is 18.0. The molecule has 11 atom stereocenters. The van der Waals surface area contributed by atoms with Crippen molar-refractivity contribution in [3.63, 3.8) is 0 Å². The molecule has 1 aromatic rings. The number of aromatic nitrogens is 2. The van der Waals surface area contributed by atoms with Crippen molar-refractivity contribution in [2.45, 2.75) is 55.2 Å². The molecule has 0 spiro atoms. The van der Waals surface area contributed by atoms with E-state index in [-0.39, 0.29) is 0 Å². The summed E-state index contributed by atoms with van der Waals surface area (Å²) in [5.41, 5.74) is 3.82. The van der Waals surface area contributed by atoms with Gasteiger partial charge in [-0.2, -0.15) is 4.31 Å². The van der Waals surface area contributed by atoms with Crippen LogP contribution in [0.3, 0.4) is 0 Å². The highest BCUT2D eigenvalue weighted by molar-refractivity contribution is 7.61. The number of ether oxygens (including phenoxy) is 2. The lowest BCUT2D eigenvalue weighted by Gasteiger charge is -2.40. The topological polar surface area (TPSA) is 303 Å². The normalized spacial score (nSPS) is 38.4. The summed E-state index contributed by atoms with van der Waals surface area (Å²) in [7, 11) is -11.0. The molecule has 1 aromatic heterocycles. The van der Waals surface area contributed by atoms with Gasteiger partial charge in [0.05, 0.1) is 19.3 Å². The van der Waals surface area contributed by atoms with Crippen LogP contribution in [0.2, 0.25) is 0 Å².